The molecule has 160 valence electrons. The molecule has 4 aliphatic rings. The number of rotatable bonds is 4. The predicted octanol–water partition coefficient (Wildman–Crippen LogP) is 4.48. The lowest BCUT2D eigenvalue weighted by molar-refractivity contribution is -0.143. The molecule has 0 aromatic rings. The van der Waals surface area contributed by atoms with Crippen molar-refractivity contribution >= 4 is 5.97 Å². The summed E-state index contributed by atoms with van der Waals surface area (Å²) in [6.07, 6.45) is 9.33. The van der Waals surface area contributed by atoms with Gasteiger partial charge in [-0.2, -0.15) is 0 Å². The molecule has 28 heavy (non-hydrogen) atoms. The van der Waals surface area contributed by atoms with Crippen molar-refractivity contribution in [2.75, 3.05) is 0 Å². The molecule has 3 N–H and O–H groups in total. The highest BCUT2D eigenvalue weighted by Gasteiger charge is 2.63. The first kappa shape index (κ1) is 20.7. The summed E-state index contributed by atoms with van der Waals surface area (Å²) in [5.41, 5.74) is 0.478. The highest BCUT2D eigenvalue weighted by Crippen LogP contribution is 2.68. The van der Waals surface area contributed by atoms with E-state index >= 15 is 0 Å². The second kappa shape index (κ2) is 7.27. The maximum absolute atomic E-state index is 11.2. The Bertz CT molecular complexity index is 605. The van der Waals surface area contributed by atoms with E-state index in [0.717, 1.165) is 32.1 Å². The minimum absolute atomic E-state index is 0.111. The van der Waals surface area contributed by atoms with Crippen LogP contribution in [0, 0.1) is 46.3 Å². The Kier molecular flexibility index (Phi) is 5.36. The summed E-state index contributed by atoms with van der Waals surface area (Å²) < 4.78 is 0. The molecule has 2 unspecified atom stereocenters. The Labute approximate surface area is 170 Å². The molecule has 4 saturated carbocycles. The van der Waals surface area contributed by atoms with E-state index in [9.17, 15) is 15.0 Å². The largest absolute Gasteiger partial charge is 0.481 e. The number of carbonyl (C=O) groups is 1. The molecule has 0 bridgehead atoms. The third-order valence-corrected chi connectivity index (χ3v) is 10.2. The molecule has 0 aliphatic heterocycles. The van der Waals surface area contributed by atoms with Crippen LogP contribution in [0.5, 0.6) is 0 Å². The molecule has 4 heteroatoms. The van der Waals surface area contributed by atoms with E-state index in [2.05, 4.69) is 20.8 Å². The molecule has 4 fully saturated rings. The second-order valence-electron chi connectivity index (χ2n) is 11.4. The van der Waals surface area contributed by atoms with Crippen molar-refractivity contribution in [2.45, 2.75) is 97.2 Å². The van der Waals surface area contributed by atoms with Crippen LogP contribution in [0.1, 0.15) is 85.0 Å². The molecule has 10 atom stereocenters. The summed E-state index contributed by atoms with van der Waals surface area (Å²) in [4.78, 5) is 11.1. The maximum atomic E-state index is 11.2. The van der Waals surface area contributed by atoms with Gasteiger partial charge in [-0.3, -0.25) is 4.79 Å². The first-order valence-corrected chi connectivity index (χ1v) is 11.7. The topological polar surface area (TPSA) is 77.8 Å². The van der Waals surface area contributed by atoms with Crippen LogP contribution >= 0.6 is 0 Å². The fourth-order valence-corrected chi connectivity index (χ4v) is 8.78. The normalized spacial score (nSPS) is 51.7. The van der Waals surface area contributed by atoms with Crippen LogP contribution in [0.4, 0.5) is 0 Å². The van der Waals surface area contributed by atoms with Gasteiger partial charge < -0.3 is 15.3 Å². The first-order chi connectivity index (χ1) is 13.2. The zero-order valence-corrected chi connectivity index (χ0v) is 17.9. The number of aliphatic carboxylic acids is 1. The van der Waals surface area contributed by atoms with E-state index in [1.165, 1.54) is 25.7 Å². The van der Waals surface area contributed by atoms with E-state index in [1.54, 1.807) is 0 Å². The van der Waals surface area contributed by atoms with Gasteiger partial charge in [-0.25, -0.2) is 0 Å². The lowest BCUT2D eigenvalue weighted by atomic mass is 9.44. The zero-order chi connectivity index (χ0) is 20.3. The van der Waals surface area contributed by atoms with Gasteiger partial charge in [0.1, 0.15) is 0 Å². The average Bonchev–Trinajstić information content (AvgIpc) is 2.91. The minimum Gasteiger partial charge on any atom is -0.481 e. The van der Waals surface area contributed by atoms with Gasteiger partial charge >= 0.3 is 5.97 Å². The van der Waals surface area contributed by atoms with Crippen LogP contribution in [0.3, 0.4) is 0 Å². The number of carboxylic acid groups (broad SMARTS) is 1. The standard InChI is InChI=1S/C24H40O4/c1-14(4-7-21(27)28)19-13-20(26)22-17-6-5-15-12-16(25)8-10-23(15,2)18(17)9-11-24(19,22)3/h14-20,22,25-26H,4-13H2,1-3H3,(H,27,28)/t14-,15?,16-,17-,18+,19-,20?,22-,23+,24-/m1/s1. The smallest absolute Gasteiger partial charge is 0.303 e. The molecule has 0 radical (unpaired) electrons. The summed E-state index contributed by atoms with van der Waals surface area (Å²) in [6, 6.07) is 0. The molecule has 0 heterocycles. The average molecular weight is 393 g/mol. The number of aliphatic hydroxyl groups excluding tert-OH is 2. The van der Waals surface area contributed by atoms with Crippen molar-refractivity contribution in [3.63, 3.8) is 0 Å². The summed E-state index contributed by atoms with van der Waals surface area (Å²) in [5.74, 6) is 2.38. The molecular formula is C24H40O4. The summed E-state index contributed by atoms with van der Waals surface area (Å²) in [7, 11) is 0. The molecule has 4 aliphatic carbocycles. The molecule has 0 saturated heterocycles. The van der Waals surface area contributed by atoms with Crippen molar-refractivity contribution in [1.82, 2.24) is 0 Å². The number of hydrogen-bond acceptors (Lipinski definition) is 3. The fraction of sp³-hybridized carbons (Fsp3) is 0.958. The Morgan fingerprint density at radius 3 is 2.46 bits per heavy atom. The molecule has 0 amide bonds. The van der Waals surface area contributed by atoms with E-state index in [1.807, 2.05) is 0 Å². The van der Waals surface area contributed by atoms with Gasteiger partial charge in [0, 0.05) is 6.42 Å². The summed E-state index contributed by atoms with van der Waals surface area (Å²) in [6.45, 7) is 7.10. The minimum atomic E-state index is -0.707. The van der Waals surface area contributed by atoms with Crippen LogP contribution < -0.4 is 0 Å². The van der Waals surface area contributed by atoms with E-state index < -0.39 is 5.97 Å². The third kappa shape index (κ3) is 3.14. The Balaban J connectivity index is 1.56. The quantitative estimate of drug-likeness (QED) is 0.659. The van der Waals surface area contributed by atoms with Gasteiger partial charge in [0.15, 0.2) is 0 Å². The number of fused-ring (bicyclic) bond motifs is 5. The van der Waals surface area contributed by atoms with Gasteiger partial charge in [0.2, 0.25) is 0 Å². The van der Waals surface area contributed by atoms with Crippen molar-refractivity contribution in [3.8, 4) is 0 Å². The van der Waals surface area contributed by atoms with Crippen LogP contribution in [-0.2, 0) is 4.79 Å². The van der Waals surface area contributed by atoms with Gasteiger partial charge in [-0.1, -0.05) is 20.8 Å². The van der Waals surface area contributed by atoms with Crippen molar-refractivity contribution in [2.24, 2.45) is 46.3 Å². The third-order valence-electron chi connectivity index (χ3n) is 10.2. The number of hydrogen-bond donors (Lipinski definition) is 3. The van der Waals surface area contributed by atoms with Gasteiger partial charge in [0.25, 0.3) is 0 Å². The van der Waals surface area contributed by atoms with Crippen LogP contribution in [0.15, 0.2) is 0 Å². The molecule has 4 nitrogen and oxygen atoms in total. The van der Waals surface area contributed by atoms with Crippen LogP contribution in [-0.4, -0.2) is 33.5 Å². The van der Waals surface area contributed by atoms with E-state index in [4.69, 9.17) is 5.11 Å². The predicted molar refractivity (Wildman–Crippen MR) is 109 cm³/mol. The fourth-order valence-electron chi connectivity index (χ4n) is 8.78. The van der Waals surface area contributed by atoms with Crippen molar-refractivity contribution < 1.29 is 20.1 Å². The van der Waals surface area contributed by atoms with Crippen LogP contribution in [0.2, 0.25) is 0 Å². The Hall–Kier alpha value is -0.610. The lowest BCUT2D eigenvalue weighted by Gasteiger charge is -2.61. The number of carboxylic acids is 1. The maximum Gasteiger partial charge on any atom is 0.303 e. The number of aliphatic hydroxyl groups is 2. The molecule has 0 aromatic heterocycles. The summed E-state index contributed by atoms with van der Waals surface area (Å²) >= 11 is 0. The van der Waals surface area contributed by atoms with Crippen molar-refractivity contribution in [3.05, 3.63) is 0 Å². The Morgan fingerprint density at radius 1 is 1.04 bits per heavy atom. The summed E-state index contributed by atoms with van der Waals surface area (Å²) in [5, 5.41) is 30.5. The lowest BCUT2D eigenvalue weighted by Crippen LogP contribution is -2.55. The van der Waals surface area contributed by atoms with Crippen molar-refractivity contribution in [1.29, 1.82) is 0 Å². The van der Waals surface area contributed by atoms with Crippen LogP contribution in [0.25, 0.3) is 0 Å². The highest BCUT2D eigenvalue weighted by molar-refractivity contribution is 5.66. The molecular weight excluding hydrogens is 352 g/mol. The Morgan fingerprint density at radius 2 is 1.75 bits per heavy atom. The second-order valence-corrected chi connectivity index (χ2v) is 11.4. The zero-order valence-electron chi connectivity index (χ0n) is 17.9. The highest BCUT2D eigenvalue weighted by atomic mass is 16.4. The van der Waals surface area contributed by atoms with E-state index in [-0.39, 0.29) is 24.0 Å². The van der Waals surface area contributed by atoms with Gasteiger partial charge in [0.05, 0.1) is 12.2 Å². The molecule has 0 spiro atoms. The monoisotopic (exact) mass is 392 g/mol. The van der Waals surface area contributed by atoms with Gasteiger partial charge in [-0.15, -0.1) is 0 Å². The molecule has 4 rings (SSSR count). The van der Waals surface area contributed by atoms with Gasteiger partial charge in [-0.05, 0) is 104 Å². The van der Waals surface area contributed by atoms with E-state index in [0.29, 0.717) is 40.9 Å². The first-order valence-electron chi connectivity index (χ1n) is 11.7. The molecule has 0 aromatic carbocycles. The SMILES string of the molecule is C[C@H](CCC(=O)O)[C@H]1CC(O)[C@H]2[C@@H]3CCC4C[C@H](O)CC[C@]4(C)[C@H]3CC[C@]12C.